The molecule has 2 aromatic rings. The quantitative estimate of drug-likeness (QED) is 0.834. The zero-order valence-corrected chi connectivity index (χ0v) is 13.5. The van der Waals surface area contributed by atoms with E-state index in [4.69, 9.17) is 0 Å². The first kappa shape index (κ1) is 15.2. The predicted octanol–water partition coefficient (Wildman–Crippen LogP) is 3.95. The van der Waals surface area contributed by atoms with Crippen LogP contribution in [-0.2, 0) is 11.8 Å². The maximum atomic E-state index is 4.41. The van der Waals surface area contributed by atoms with Gasteiger partial charge in [0.2, 0.25) is 0 Å². The summed E-state index contributed by atoms with van der Waals surface area (Å²) in [5.41, 5.74) is 1.59. The van der Waals surface area contributed by atoms with Gasteiger partial charge in [-0.2, -0.15) is 0 Å². The molecule has 1 atom stereocenters. The van der Waals surface area contributed by atoms with Gasteiger partial charge in [0.25, 0.3) is 0 Å². The number of aryl methyl sites for hydroxylation is 1. The predicted molar refractivity (Wildman–Crippen MR) is 87.5 cm³/mol. The van der Waals surface area contributed by atoms with Crippen molar-refractivity contribution in [2.45, 2.75) is 39.0 Å². The minimum atomic E-state index is 0.163. The molecule has 20 heavy (non-hydrogen) atoms. The smallest absolute Gasteiger partial charge is 0.0896 e. The molecule has 1 unspecified atom stereocenters. The summed E-state index contributed by atoms with van der Waals surface area (Å²) in [5, 5.41) is 4.70. The zero-order valence-electron chi connectivity index (χ0n) is 12.6. The van der Waals surface area contributed by atoms with E-state index >= 15 is 0 Å². The summed E-state index contributed by atoms with van der Waals surface area (Å²) in [6, 6.07) is 10.9. The van der Waals surface area contributed by atoms with Crippen molar-refractivity contribution in [1.29, 1.82) is 0 Å². The van der Waals surface area contributed by atoms with Crippen LogP contribution < -0.4 is 5.32 Å². The van der Waals surface area contributed by atoms with E-state index in [9.17, 15) is 0 Å². The summed E-state index contributed by atoms with van der Waals surface area (Å²) in [6.45, 7) is 8.56. The van der Waals surface area contributed by atoms with Crippen molar-refractivity contribution >= 4 is 11.3 Å². The Balaban J connectivity index is 2.31. The van der Waals surface area contributed by atoms with Crippen molar-refractivity contribution in [2.24, 2.45) is 0 Å². The van der Waals surface area contributed by atoms with Crippen molar-refractivity contribution in [3.8, 4) is 0 Å². The number of thiazole rings is 1. The van der Waals surface area contributed by atoms with Crippen molar-refractivity contribution < 1.29 is 0 Å². The molecule has 0 spiro atoms. The van der Waals surface area contributed by atoms with E-state index in [1.807, 2.05) is 17.5 Å². The Labute approximate surface area is 126 Å². The van der Waals surface area contributed by atoms with Crippen molar-refractivity contribution in [3.05, 3.63) is 52.0 Å². The standard InChI is InChI=1S/C17H24N2S/c1-4-17(13-18-5-2,15-9-7-6-8-10-15)11-16-12-19-14(3)20-16/h6-10,12,18H,4-5,11,13H2,1-3H3. The summed E-state index contributed by atoms with van der Waals surface area (Å²) in [6.07, 6.45) is 4.23. The second kappa shape index (κ2) is 7.00. The van der Waals surface area contributed by atoms with Gasteiger partial charge in [-0.3, -0.25) is 0 Å². The van der Waals surface area contributed by atoms with E-state index < -0.39 is 0 Å². The number of nitrogens with one attached hydrogen (secondary N) is 1. The Morgan fingerprint density at radius 3 is 2.50 bits per heavy atom. The first-order valence-corrected chi connectivity index (χ1v) is 8.19. The van der Waals surface area contributed by atoms with E-state index in [0.717, 1.165) is 30.9 Å². The van der Waals surface area contributed by atoms with Crippen molar-refractivity contribution in [2.75, 3.05) is 13.1 Å². The molecule has 0 aliphatic rings. The summed E-state index contributed by atoms with van der Waals surface area (Å²) in [5.74, 6) is 0. The van der Waals surface area contributed by atoms with Gasteiger partial charge < -0.3 is 5.32 Å². The minimum Gasteiger partial charge on any atom is -0.316 e. The lowest BCUT2D eigenvalue weighted by atomic mass is 9.75. The minimum absolute atomic E-state index is 0.163. The SMILES string of the molecule is CCNCC(CC)(Cc1cnc(C)s1)c1ccccc1. The third-order valence-electron chi connectivity index (χ3n) is 3.96. The number of hydrogen-bond donors (Lipinski definition) is 1. The molecule has 108 valence electrons. The lowest BCUT2D eigenvalue weighted by Crippen LogP contribution is -2.39. The molecule has 1 N–H and O–H groups in total. The normalized spacial score (nSPS) is 14.2. The first-order valence-electron chi connectivity index (χ1n) is 7.37. The van der Waals surface area contributed by atoms with Crippen LogP contribution in [0.1, 0.15) is 35.7 Å². The Morgan fingerprint density at radius 2 is 1.95 bits per heavy atom. The highest BCUT2D eigenvalue weighted by atomic mass is 32.1. The van der Waals surface area contributed by atoms with Gasteiger partial charge in [0, 0.05) is 23.0 Å². The number of nitrogens with zero attached hydrogens (tertiary/aromatic N) is 1. The third-order valence-corrected chi connectivity index (χ3v) is 4.87. The summed E-state index contributed by atoms with van der Waals surface area (Å²) < 4.78 is 0. The molecule has 0 bridgehead atoms. The fourth-order valence-electron chi connectivity index (χ4n) is 2.70. The topological polar surface area (TPSA) is 24.9 Å². The highest BCUT2D eigenvalue weighted by Gasteiger charge is 2.30. The van der Waals surface area contributed by atoms with Gasteiger partial charge in [0.15, 0.2) is 0 Å². The largest absolute Gasteiger partial charge is 0.316 e. The molecule has 0 saturated carbocycles. The van der Waals surface area contributed by atoms with Gasteiger partial charge in [0.05, 0.1) is 5.01 Å². The first-order chi connectivity index (χ1) is 9.70. The van der Waals surface area contributed by atoms with E-state index in [1.54, 1.807) is 0 Å². The van der Waals surface area contributed by atoms with E-state index in [0.29, 0.717) is 0 Å². The van der Waals surface area contributed by atoms with Crippen LogP contribution in [0.25, 0.3) is 0 Å². The van der Waals surface area contributed by atoms with Gasteiger partial charge >= 0.3 is 0 Å². The Morgan fingerprint density at radius 1 is 1.20 bits per heavy atom. The summed E-state index contributed by atoms with van der Waals surface area (Å²) >= 11 is 1.82. The molecule has 1 aromatic heterocycles. The van der Waals surface area contributed by atoms with Crippen LogP contribution in [0.5, 0.6) is 0 Å². The zero-order chi connectivity index (χ0) is 14.4. The molecular formula is C17H24N2S. The fourth-order valence-corrected chi connectivity index (χ4v) is 3.64. The van der Waals surface area contributed by atoms with Crippen molar-refractivity contribution in [3.63, 3.8) is 0 Å². The highest BCUT2D eigenvalue weighted by Crippen LogP contribution is 2.33. The van der Waals surface area contributed by atoms with Crippen LogP contribution in [0, 0.1) is 6.92 Å². The molecule has 2 nitrogen and oxygen atoms in total. The maximum Gasteiger partial charge on any atom is 0.0896 e. The average Bonchev–Trinajstić information content (AvgIpc) is 2.89. The average molecular weight is 288 g/mol. The second-order valence-corrected chi connectivity index (χ2v) is 6.62. The molecule has 0 radical (unpaired) electrons. The summed E-state index contributed by atoms with van der Waals surface area (Å²) in [4.78, 5) is 5.79. The molecule has 0 saturated heterocycles. The van der Waals surface area contributed by atoms with E-state index in [2.05, 4.69) is 61.4 Å². The van der Waals surface area contributed by atoms with Crippen LogP contribution in [0.3, 0.4) is 0 Å². The highest BCUT2D eigenvalue weighted by molar-refractivity contribution is 7.11. The molecule has 0 fully saturated rings. The van der Waals surface area contributed by atoms with Crippen LogP contribution in [0.4, 0.5) is 0 Å². The van der Waals surface area contributed by atoms with Crippen LogP contribution in [-0.4, -0.2) is 18.1 Å². The van der Waals surface area contributed by atoms with Gasteiger partial charge in [0.1, 0.15) is 0 Å². The number of benzene rings is 1. The van der Waals surface area contributed by atoms with Gasteiger partial charge in [-0.1, -0.05) is 44.2 Å². The Kier molecular flexibility index (Phi) is 5.32. The lowest BCUT2D eigenvalue weighted by molar-refractivity contribution is 0.384. The maximum absolute atomic E-state index is 4.41. The number of likely N-dealkylation sites (N-methyl/N-ethyl adjacent to an activating group) is 1. The molecule has 3 heteroatoms. The Hall–Kier alpha value is -1.19. The fraction of sp³-hybridized carbons (Fsp3) is 0.471. The molecule has 1 aromatic carbocycles. The summed E-state index contributed by atoms with van der Waals surface area (Å²) in [7, 11) is 0. The molecule has 0 aliphatic carbocycles. The molecule has 1 heterocycles. The van der Waals surface area contributed by atoms with Gasteiger partial charge in [-0.25, -0.2) is 4.98 Å². The molecular weight excluding hydrogens is 264 g/mol. The lowest BCUT2D eigenvalue weighted by Gasteiger charge is -2.33. The van der Waals surface area contributed by atoms with Gasteiger partial charge in [-0.05, 0) is 31.9 Å². The van der Waals surface area contributed by atoms with E-state index in [-0.39, 0.29) is 5.41 Å². The molecule has 2 rings (SSSR count). The number of rotatable bonds is 7. The van der Waals surface area contributed by atoms with Crippen LogP contribution >= 0.6 is 11.3 Å². The van der Waals surface area contributed by atoms with E-state index in [1.165, 1.54) is 10.4 Å². The number of hydrogen-bond acceptors (Lipinski definition) is 3. The monoisotopic (exact) mass is 288 g/mol. The second-order valence-electron chi connectivity index (χ2n) is 5.30. The molecule has 0 aliphatic heterocycles. The Bertz CT molecular complexity index is 521. The van der Waals surface area contributed by atoms with Gasteiger partial charge in [-0.15, -0.1) is 11.3 Å². The van der Waals surface area contributed by atoms with Crippen LogP contribution in [0.15, 0.2) is 36.5 Å². The number of aromatic nitrogens is 1. The molecule has 0 amide bonds. The third kappa shape index (κ3) is 3.47. The van der Waals surface area contributed by atoms with Crippen LogP contribution in [0.2, 0.25) is 0 Å². The van der Waals surface area contributed by atoms with Crippen molar-refractivity contribution in [1.82, 2.24) is 10.3 Å².